The Morgan fingerprint density at radius 2 is 1.68 bits per heavy atom. The number of halogens is 4. The largest absolute Gasteiger partial charge is 0.416 e. The van der Waals surface area contributed by atoms with Crippen LogP contribution in [0.25, 0.3) is 0 Å². The molecule has 11 heteroatoms. The zero-order valence-electron chi connectivity index (χ0n) is 25.2. The van der Waals surface area contributed by atoms with Gasteiger partial charge in [-0.05, 0) is 66.0 Å². The van der Waals surface area contributed by atoms with E-state index < -0.39 is 11.7 Å². The molecular formula is C33H37ClF3N5OS. The molecule has 234 valence electrons. The molecule has 1 aliphatic carbocycles. The summed E-state index contributed by atoms with van der Waals surface area (Å²) < 4.78 is 39.5. The SMILES string of the molecule is CC1(C)CC2CC(C)(CN2C(=O)c2ccc(CSc3nc(Cl)cc(N4CCN(c5cccc(C(F)(F)F)c5)CC4)n3)cc2)C1. The minimum Gasteiger partial charge on any atom is -0.368 e. The van der Waals surface area contributed by atoms with Crippen LogP contribution in [0.2, 0.25) is 5.15 Å². The third kappa shape index (κ3) is 6.81. The average molecular weight is 644 g/mol. The molecule has 2 bridgehead atoms. The summed E-state index contributed by atoms with van der Waals surface area (Å²) in [5.74, 6) is 1.44. The number of rotatable bonds is 6. The Morgan fingerprint density at radius 1 is 0.977 bits per heavy atom. The molecule has 3 fully saturated rings. The number of benzene rings is 2. The molecular weight excluding hydrogens is 607 g/mol. The summed E-state index contributed by atoms with van der Waals surface area (Å²) >= 11 is 7.84. The van der Waals surface area contributed by atoms with E-state index in [9.17, 15) is 18.0 Å². The molecule has 3 aliphatic rings. The number of piperazine rings is 1. The number of likely N-dealkylation sites (tertiary alicyclic amines) is 1. The molecule has 2 atom stereocenters. The second-order valence-electron chi connectivity index (χ2n) is 13.5. The van der Waals surface area contributed by atoms with E-state index in [-0.39, 0.29) is 16.7 Å². The Kier molecular flexibility index (Phi) is 8.28. The molecule has 2 saturated heterocycles. The van der Waals surface area contributed by atoms with Crippen molar-refractivity contribution >= 4 is 40.8 Å². The van der Waals surface area contributed by atoms with E-state index in [0.29, 0.717) is 59.8 Å². The molecule has 3 aromatic rings. The predicted octanol–water partition coefficient (Wildman–Crippen LogP) is 7.81. The molecule has 0 N–H and O–H groups in total. The van der Waals surface area contributed by atoms with Crippen molar-refractivity contribution in [2.45, 2.75) is 63.2 Å². The summed E-state index contributed by atoms with van der Waals surface area (Å²) in [5, 5.41) is 0.889. The molecule has 6 nitrogen and oxygen atoms in total. The van der Waals surface area contributed by atoms with E-state index in [4.69, 9.17) is 16.6 Å². The highest BCUT2D eigenvalue weighted by Crippen LogP contribution is 2.52. The summed E-state index contributed by atoms with van der Waals surface area (Å²) in [4.78, 5) is 28.7. The molecule has 2 unspecified atom stereocenters. The second kappa shape index (κ2) is 11.7. The molecule has 0 radical (unpaired) electrons. The maximum absolute atomic E-state index is 13.4. The molecule has 1 saturated carbocycles. The Hall–Kier alpha value is -2.98. The van der Waals surface area contributed by atoms with Crippen LogP contribution in [0.4, 0.5) is 24.7 Å². The standard InChI is InChI=1S/C33H37ClF3N5OS/c1-31(2)17-26-18-32(3,20-31)21-42(26)29(43)23-9-7-22(8-10-23)19-44-30-38-27(34)16-28(39-30)41-13-11-40(12-14-41)25-6-4-5-24(15-25)33(35,36)37/h4-10,15-16,26H,11-14,17-21H2,1-3H3. The van der Waals surface area contributed by atoms with Gasteiger partial charge in [-0.2, -0.15) is 13.2 Å². The average Bonchev–Trinajstić information content (AvgIpc) is 3.23. The number of fused-ring (bicyclic) bond motifs is 2. The Bertz CT molecular complexity index is 1530. The van der Waals surface area contributed by atoms with Crippen LogP contribution in [0.1, 0.15) is 61.5 Å². The first-order chi connectivity index (χ1) is 20.8. The van der Waals surface area contributed by atoms with E-state index in [0.717, 1.165) is 43.0 Å². The van der Waals surface area contributed by atoms with E-state index in [1.165, 1.54) is 23.9 Å². The fraction of sp³-hybridized carbons (Fsp3) is 0.485. The summed E-state index contributed by atoms with van der Waals surface area (Å²) in [6.07, 6.45) is -1.08. The van der Waals surface area contributed by atoms with Crippen LogP contribution in [0, 0.1) is 10.8 Å². The monoisotopic (exact) mass is 643 g/mol. The van der Waals surface area contributed by atoms with E-state index >= 15 is 0 Å². The van der Waals surface area contributed by atoms with Gasteiger partial charge >= 0.3 is 6.18 Å². The van der Waals surface area contributed by atoms with Gasteiger partial charge in [0.1, 0.15) is 11.0 Å². The Balaban J connectivity index is 1.05. The molecule has 2 aromatic carbocycles. The molecule has 6 rings (SSSR count). The van der Waals surface area contributed by atoms with Gasteiger partial charge in [0.05, 0.1) is 5.56 Å². The number of hydrogen-bond acceptors (Lipinski definition) is 6. The molecule has 44 heavy (non-hydrogen) atoms. The van der Waals surface area contributed by atoms with E-state index in [1.54, 1.807) is 12.1 Å². The minimum absolute atomic E-state index is 0.117. The molecule has 3 heterocycles. The van der Waals surface area contributed by atoms with Crippen molar-refractivity contribution in [1.82, 2.24) is 14.9 Å². The fourth-order valence-corrected chi connectivity index (χ4v) is 8.48. The Morgan fingerprint density at radius 3 is 2.39 bits per heavy atom. The van der Waals surface area contributed by atoms with E-state index in [1.807, 2.05) is 29.2 Å². The smallest absolute Gasteiger partial charge is 0.368 e. The number of nitrogens with zero attached hydrogens (tertiary/aromatic N) is 5. The third-order valence-electron chi connectivity index (χ3n) is 9.05. The first-order valence-corrected chi connectivity index (χ1v) is 16.4. The second-order valence-corrected chi connectivity index (χ2v) is 14.8. The quantitative estimate of drug-likeness (QED) is 0.155. The van der Waals surface area contributed by atoms with Gasteiger partial charge in [-0.15, -0.1) is 0 Å². The van der Waals surface area contributed by atoms with Crippen molar-refractivity contribution in [3.63, 3.8) is 0 Å². The van der Waals surface area contributed by atoms with Crippen LogP contribution in [0.5, 0.6) is 0 Å². The van der Waals surface area contributed by atoms with Crippen molar-refractivity contribution < 1.29 is 18.0 Å². The molecule has 1 aromatic heterocycles. The van der Waals surface area contributed by atoms with Crippen molar-refractivity contribution in [3.8, 4) is 0 Å². The normalized spacial score (nSPS) is 23.2. The van der Waals surface area contributed by atoms with Gasteiger partial charge in [0.2, 0.25) is 0 Å². The zero-order valence-corrected chi connectivity index (χ0v) is 26.8. The third-order valence-corrected chi connectivity index (χ3v) is 10.2. The first-order valence-electron chi connectivity index (χ1n) is 15.0. The van der Waals surface area contributed by atoms with Gasteiger partial charge in [-0.3, -0.25) is 4.79 Å². The first kappa shape index (κ1) is 31.0. The Labute approximate surface area is 266 Å². The minimum atomic E-state index is -4.37. The number of anilines is 2. The lowest BCUT2D eigenvalue weighted by Gasteiger charge is -2.39. The summed E-state index contributed by atoms with van der Waals surface area (Å²) in [5.41, 5.74) is 2.15. The number of carbonyl (C=O) groups excluding carboxylic acids is 1. The lowest BCUT2D eigenvalue weighted by Crippen LogP contribution is -2.47. The van der Waals surface area contributed by atoms with Gasteiger partial charge in [0.15, 0.2) is 5.16 Å². The van der Waals surface area contributed by atoms with Crippen LogP contribution in [0.15, 0.2) is 59.8 Å². The zero-order chi connectivity index (χ0) is 31.3. The topological polar surface area (TPSA) is 52.6 Å². The maximum atomic E-state index is 13.4. The predicted molar refractivity (Wildman–Crippen MR) is 169 cm³/mol. The summed E-state index contributed by atoms with van der Waals surface area (Å²) in [6.45, 7) is 10.1. The molecule has 1 amide bonds. The fourth-order valence-electron chi connectivity index (χ4n) is 7.44. The number of thioether (sulfide) groups is 1. The van der Waals surface area contributed by atoms with Crippen LogP contribution in [0.3, 0.4) is 0 Å². The van der Waals surface area contributed by atoms with Gasteiger partial charge in [0, 0.05) is 61.8 Å². The number of amides is 1. The molecule has 0 spiro atoms. The van der Waals surface area contributed by atoms with Crippen molar-refractivity contribution in [2.24, 2.45) is 10.8 Å². The van der Waals surface area contributed by atoms with Gasteiger partial charge in [-0.1, -0.05) is 62.3 Å². The number of aromatic nitrogens is 2. The number of hydrogen-bond donors (Lipinski definition) is 0. The van der Waals surface area contributed by atoms with Gasteiger partial charge < -0.3 is 14.7 Å². The number of carbonyl (C=O) groups is 1. The lowest BCUT2D eigenvalue weighted by molar-refractivity contribution is -0.137. The van der Waals surface area contributed by atoms with Crippen LogP contribution < -0.4 is 9.80 Å². The van der Waals surface area contributed by atoms with Crippen molar-refractivity contribution in [2.75, 3.05) is 42.5 Å². The number of alkyl halides is 3. The van der Waals surface area contributed by atoms with Crippen LogP contribution >= 0.6 is 23.4 Å². The summed E-state index contributed by atoms with van der Waals surface area (Å²) in [7, 11) is 0. The van der Waals surface area contributed by atoms with Gasteiger partial charge in [-0.25, -0.2) is 9.97 Å². The van der Waals surface area contributed by atoms with Crippen molar-refractivity contribution in [3.05, 3.63) is 76.4 Å². The highest BCUT2D eigenvalue weighted by atomic mass is 35.5. The highest BCUT2D eigenvalue weighted by Gasteiger charge is 2.51. The summed E-state index contributed by atoms with van der Waals surface area (Å²) in [6, 6.07) is 15.3. The van der Waals surface area contributed by atoms with Crippen LogP contribution in [-0.4, -0.2) is 59.5 Å². The molecule has 2 aliphatic heterocycles. The van der Waals surface area contributed by atoms with Crippen molar-refractivity contribution in [1.29, 1.82) is 0 Å². The highest BCUT2D eigenvalue weighted by molar-refractivity contribution is 7.98. The van der Waals surface area contributed by atoms with Gasteiger partial charge in [0.25, 0.3) is 5.91 Å². The maximum Gasteiger partial charge on any atom is 0.416 e. The van der Waals surface area contributed by atoms with Crippen LogP contribution in [-0.2, 0) is 11.9 Å². The van der Waals surface area contributed by atoms with E-state index in [2.05, 4.69) is 35.6 Å². The lowest BCUT2D eigenvalue weighted by atomic mass is 9.65.